The highest BCUT2D eigenvalue weighted by atomic mass is 32.2. The van der Waals surface area contributed by atoms with Gasteiger partial charge in [0.15, 0.2) is 6.29 Å². The van der Waals surface area contributed by atoms with Gasteiger partial charge in [-0.05, 0) is 41.1 Å². The Morgan fingerprint density at radius 2 is 1.91 bits per heavy atom. The molecule has 0 atom stereocenters. The number of likely N-dealkylation sites (N-methyl/N-ethyl adjacent to an activating group) is 1. The molecule has 2 rings (SSSR count). The summed E-state index contributed by atoms with van der Waals surface area (Å²) in [5.41, 5.74) is 14.1. The molecular weight excluding hydrogens is 462 g/mol. The van der Waals surface area contributed by atoms with Gasteiger partial charge in [-0.2, -0.15) is 0 Å². The van der Waals surface area contributed by atoms with Gasteiger partial charge in [-0.25, -0.2) is 9.79 Å². The van der Waals surface area contributed by atoms with Gasteiger partial charge in [0.2, 0.25) is 0 Å². The van der Waals surface area contributed by atoms with Gasteiger partial charge < -0.3 is 26.6 Å². The maximum absolute atomic E-state index is 12.3. The topological polar surface area (TPSA) is 129 Å². The lowest BCUT2D eigenvalue weighted by atomic mass is 10.0. The van der Waals surface area contributed by atoms with Gasteiger partial charge >= 0.3 is 6.03 Å². The number of urea groups is 1. The number of carbonyl (C=O) groups excluding carboxylic acids is 2. The summed E-state index contributed by atoms with van der Waals surface area (Å²) in [4.78, 5) is 33.5. The molecule has 35 heavy (non-hydrogen) atoms. The number of rotatable bonds is 6. The Hall–Kier alpha value is -3.11. The smallest absolute Gasteiger partial charge is 0.318 e. The van der Waals surface area contributed by atoms with Crippen molar-refractivity contribution in [2.45, 2.75) is 26.3 Å². The number of aliphatic imine (C=N–C) groups is 2. The number of aryl methyl sites for hydroxylation is 1. The number of carbonyl (C=O) groups is 2. The van der Waals surface area contributed by atoms with Crippen LogP contribution in [0.1, 0.15) is 19.4 Å². The fourth-order valence-corrected chi connectivity index (χ4v) is 3.15. The molecule has 1 aromatic rings. The van der Waals surface area contributed by atoms with Gasteiger partial charge in [-0.1, -0.05) is 42.5 Å². The predicted octanol–water partition coefficient (Wildman–Crippen LogP) is 2.64. The number of aldehydes is 1. The van der Waals surface area contributed by atoms with E-state index in [9.17, 15) is 9.59 Å². The van der Waals surface area contributed by atoms with Crippen LogP contribution < -0.4 is 16.8 Å². The molecule has 1 aromatic carbocycles. The summed E-state index contributed by atoms with van der Waals surface area (Å²) in [6, 6.07) is 10.1. The van der Waals surface area contributed by atoms with Crippen molar-refractivity contribution in [1.29, 1.82) is 0 Å². The zero-order valence-corrected chi connectivity index (χ0v) is 22.9. The Labute approximate surface area is 214 Å². The predicted molar refractivity (Wildman–Crippen MR) is 150 cm³/mol. The van der Waals surface area contributed by atoms with Crippen molar-refractivity contribution in [3.05, 3.63) is 59.9 Å². The van der Waals surface area contributed by atoms with Crippen LogP contribution in [0.25, 0.3) is 0 Å². The Kier molecular flexibility index (Phi) is 15.0. The first kappa shape index (κ1) is 31.9. The van der Waals surface area contributed by atoms with Gasteiger partial charge in [-0.15, -0.1) is 11.8 Å². The third-order valence-corrected chi connectivity index (χ3v) is 5.69. The molecule has 0 saturated heterocycles. The van der Waals surface area contributed by atoms with Crippen molar-refractivity contribution in [1.82, 2.24) is 15.1 Å². The van der Waals surface area contributed by atoms with Crippen LogP contribution in [-0.4, -0.2) is 85.6 Å². The largest absolute Gasteiger partial charge is 0.400 e. The van der Waals surface area contributed by atoms with Crippen molar-refractivity contribution in [2.75, 3.05) is 47.0 Å². The summed E-state index contributed by atoms with van der Waals surface area (Å²) in [6.45, 7) is 11.0. The lowest BCUT2D eigenvalue weighted by molar-refractivity contribution is -0.102. The molecule has 1 heterocycles. The van der Waals surface area contributed by atoms with E-state index in [1.165, 1.54) is 23.5 Å². The van der Waals surface area contributed by atoms with Crippen molar-refractivity contribution < 1.29 is 9.59 Å². The van der Waals surface area contributed by atoms with Crippen LogP contribution in [0.4, 0.5) is 4.79 Å². The second kappa shape index (κ2) is 16.5. The van der Waals surface area contributed by atoms with Crippen LogP contribution in [0.15, 0.2) is 64.4 Å². The number of benzene rings is 1. The monoisotopic (exact) mass is 503 g/mol. The van der Waals surface area contributed by atoms with E-state index in [0.717, 1.165) is 12.1 Å². The third-order valence-electron chi connectivity index (χ3n) is 5.07. The van der Waals surface area contributed by atoms with Gasteiger partial charge in [0.1, 0.15) is 10.9 Å². The average Bonchev–Trinajstić information content (AvgIpc) is 3.07. The van der Waals surface area contributed by atoms with E-state index in [1.807, 2.05) is 51.0 Å². The Morgan fingerprint density at radius 3 is 2.29 bits per heavy atom. The molecule has 5 N–H and O–H groups in total. The van der Waals surface area contributed by atoms with Gasteiger partial charge in [0.25, 0.3) is 0 Å². The van der Waals surface area contributed by atoms with Crippen LogP contribution in [0.5, 0.6) is 0 Å². The average molecular weight is 504 g/mol. The number of thioether (sulfide) groups is 1. The second-order valence-corrected chi connectivity index (χ2v) is 9.13. The summed E-state index contributed by atoms with van der Waals surface area (Å²) >= 11 is 1.31. The minimum Gasteiger partial charge on any atom is -0.400 e. The molecule has 0 aliphatic carbocycles. The van der Waals surface area contributed by atoms with E-state index in [0.29, 0.717) is 36.0 Å². The van der Waals surface area contributed by atoms with E-state index in [4.69, 9.17) is 11.5 Å². The number of hydrogen-bond acceptors (Lipinski definition) is 7. The van der Waals surface area contributed by atoms with Gasteiger partial charge in [-0.3, -0.25) is 9.79 Å². The normalized spacial score (nSPS) is 15.0. The Balaban J connectivity index is 0.000000626. The molecule has 1 aliphatic heterocycles. The third kappa shape index (κ3) is 11.2. The Morgan fingerprint density at radius 1 is 1.31 bits per heavy atom. The zero-order valence-electron chi connectivity index (χ0n) is 22.0. The standard InChI is InChI=1S/C13H26N6O.C7H8.C5H7NOS/c1-13(2)10(14)9(11(15)16-3)8-19(13)12(20)17-6-7-18(4)5;1-7-5-3-2-4-6-7;1-3-6-5(4-7)8-2/h6-8,14H2,1-5H3,(H2,15,16)(H,17,20);2-6H,1H3;3-4H,1H2,2H3. The molecule has 10 heteroatoms. The molecule has 194 valence electrons. The number of nitrogens with one attached hydrogen (secondary N) is 1. The lowest BCUT2D eigenvalue weighted by Gasteiger charge is -2.33. The molecule has 0 aromatic heterocycles. The number of hydrogen-bond donors (Lipinski definition) is 3. The summed E-state index contributed by atoms with van der Waals surface area (Å²) in [7, 11) is 5.53. The van der Waals surface area contributed by atoms with Crippen LogP contribution in [-0.2, 0) is 4.79 Å². The molecule has 0 spiro atoms. The highest BCUT2D eigenvalue weighted by Crippen LogP contribution is 2.31. The van der Waals surface area contributed by atoms with Crippen molar-refractivity contribution in [3.8, 4) is 0 Å². The minimum absolute atomic E-state index is 0.140. The van der Waals surface area contributed by atoms with Gasteiger partial charge in [0.05, 0.1) is 12.1 Å². The SMILES string of the molecule is C=CN=C(C=O)SC.CN=C(N)C1=C(N)C(C)(C)N(C(=O)NCCN(C)C)C1.Cc1ccccc1. The number of amides is 2. The van der Waals surface area contributed by atoms with Crippen molar-refractivity contribution in [3.63, 3.8) is 0 Å². The van der Waals surface area contributed by atoms with Crippen molar-refractivity contribution in [2.24, 2.45) is 21.5 Å². The van der Waals surface area contributed by atoms with E-state index in [-0.39, 0.29) is 6.03 Å². The first-order chi connectivity index (χ1) is 16.5. The molecule has 9 nitrogen and oxygen atoms in total. The molecule has 0 unspecified atom stereocenters. The van der Waals surface area contributed by atoms with Crippen LogP contribution >= 0.6 is 11.8 Å². The van der Waals surface area contributed by atoms with E-state index >= 15 is 0 Å². The maximum atomic E-state index is 12.3. The summed E-state index contributed by atoms with van der Waals surface area (Å²) < 4.78 is 0. The van der Waals surface area contributed by atoms with Crippen LogP contribution in [0.3, 0.4) is 0 Å². The number of nitrogens with zero attached hydrogens (tertiary/aromatic N) is 4. The molecule has 0 saturated carbocycles. The maximum Gasteiger partial charge on any atom is 0.318 e. The molecule has 2 amide bonds. The number of amidine groups is 1. The van der Waals surface area contributed by atoms with E-state index < -0.39 is 5.54 Å². The molecule has 0 bridgehead atoms. The van der Waals surface area contributed by atoms with Crippen molar-refractivity contribution >= 4 is 35.0 Å². The fourth-order valence-electron chi connectivity index (χ4n) is 2.87. The van der Waals surface area contributed by atoms with E-state index in [1.54, 1.807) is 18.2 Å². The molecule has 1 aliphatic rings. The first-order valence-corrected chi connectivity index (χ1v) is 12.3. The summed E-state index contributed by atoms with van der Waals surface area (Å²) in [5, 5.41) is 3.35. The first-order valence-electron chi connectivity index (χ1n) is 11.1. The zero-order chi connectivity index (χ0) is 27.0. The molecule has 0 radical (unpaired) electrons. The molecular formula is C25H41N7O2S. The highest BCUT2D eigenvalue weighted by Gasteiger charge is 2.41. The summed E-state index contributed by atoms with van der Waals surface area (Å²) in [6.07, 6.45) is 3.84. The minimum atomic E-state index is -0.563. The Bertz CT molecular complexity index is 910. The van der Waals surface area contributed by atoms with E-state index in [2.05, 4.69) is 40.9 Å². The highest BCUT2D eigenvalue weighted by molar-refractivity contribution is 8.14. The fraction of sp³-hybridized carbons (Fsp3) is 0.440. The van der Waals surface area contributed by atoms with Crippen LogP contribution in [0.2, 0.25) is 0 Å². The number of nitrogens with two attached hydrogens (primary N) is 2. The summed E-state index contributed by atoms with van der Waals surface area (Å²) in [5.74, 6) is 0.388. The lowest BCUT2D eigenvalue weighted by Crippen LogP contribution is -2.51. The molecule has 0 fully saturated rings. The quantitative estimate of drug-likeness (QED) is 0.311. The van der Waals surface area contributed by atoms with Gasteiger partial charge in [0, 0.05) is 37.6 Å². The van der Waals surface area contributed by atoms with Crippen LogP contribution in [0, 0.1) is 6.92 Å². The second-order valence-electron chi connectivity index (χ2n) is 8.31.